The first-order valence-corrected chi connectivity index (χ1v) is 13.4. The van der Waals surface area contributed by atoms with E-state index in [0.717, 1.165) is 18.8 Å². The summed E-state index contributed by atoms with van der Waals surface area (Å²) in [4.78, 5) is 24.1. The summed E-state index contributed by atoms with van der Waals surface area (Å²) in [5.41, 5.74) is 0. The first-order valence-electron chi connectivity index (χ1n) is 13.4. The normalized spacial score (nSPS) is 19.4. The fraction of sp³-hybridized carbons (Fsp3) is 0.857. The lowest BCUT2D eigenvalue weighted by molar-refractivity contribution is -0.164. The highest BCUT2D eigenvalue weighted by Crippen LogP contribution is 2.29. The van der Waals surface area contributed by atoms with E-state index in [1.54, 1.807) is 0 Å². The molecular formula is C28H50O4. The summed E-state index contributed by atoms with van der Waals surface area (Å²) in [7, 11) is 0. The van der Waals surface area contributed by atoms with Crippen molar-refractivity contribution in [1.82, 2.24) is 0 Å². The molecule has 0 radical (unpaired) electrons. The zero-order valence-electron chi connectivity index (χ0n) is 21.3. The van der Waals surface area contributed by atoms with Crippen molar-refractivity contribution in [2.45, 2.75) is 130 Å². The highest BCUT2D eigenvalue weighted by Gasteiger charge is 2.36. The molecule has 0 aromatic rings. The summed E-state index contributed by atoms with van der Waals surface area (Å²) in [6.45, 7) is 8.77. The van der Waals surface area contributed by atoms with Gasteiger partial charge in [0.2, 0.25) is 0 Å². The van der Waals surface area contributed by atoms with Gasteiger partial charge in [0.1, 0.15) is 6.10 Å². The molecule has 0 saturated heterocycles. The number of carbonyl (C=O) groups excluding carboxylic acids is 1. The Hall–Kier alpha value is -1.32. The molecule has 0 aliphatic heterocycles. The molecule has 4 nitrogen and oxygen atoms in total. The number of carboxylic acid groups (broad SMARTS) is 1. The van der Waals surface area contributed by atoms with E-state index in [1.165, 1.54) is 70.6 Å². The standard InChI is InChI=1S/C28H50O4/c1-22(2)18-14-12-10-8-6-5-7-9-11-13-15-21-26(23(3)4)32-28(31)25-20-17-16-19-24(25)27(29)30/h16-17,22-26H,5-15,18-21H2,1-4H3,(H,29,30). The Morgan fingerprint density at radius 2 is 1.19 bits per heavy atom. The van der Waals surface area contributed by atoms with E-state index < -0.39 is 17.8 Å². The predicted molar refractivity (Wildman–Crippen MR) is 133 cm³/mol. The predicted octanol–water partition coefficient (Wildman–Crippen LogP) is 7.95. The van der Waals surface area contributed by atoms with Gasteiger partial charge in [-0.25, -0.2) is 0 Å². The molecule has 0 spiro atoms. The Balaban J connectivity index is 2.12. The van der Waals surface area contributed by atoms with Crippen molar-refractivity contribution in [3.05, 3.63) is 12.2 Å². The van der Waals surface area contributed by atoms with Gasteiger partial charge in [-0.15, -0.1) is 0 Å². The Kier molecular flexibility index (Phi) is 15.4. The fourth-order valence-corrected chi connectivity index (χ4v) is 4.60. The third-order valence-electron chi connectivity index (χ3n) is 6.83. The Morgan fingerprint density at radius 3 is 1.62 bits per heavy atom. The topological polar surface area (TPSA) is 63.6 Å². The van der Waals surface area contributed by atoms with Crippen LogP contribution in [0.4, 0.5) is 0 Å². The van der Waals surface area contributed by atoms with Crippen molar-refractivity contribution in [2.24, 2.45) is 23.7 Å². The Labute approximate surface area is 197 Å². The number of carboxylic acids is 1. The third kappa shape index (κ3) is 12.6. The average molecular weight is 451 g/mol. The number of carbonyl (C=O) groups is 2. The molecule has 32 heavy (non-hydrogen) atoms. The third-order valence-corrected chi connectivity index (χ3v) is 6.83. The van der Waals surface area contributed by atoms with Crippen molar-refractivity contribution in [2.75, 3.05) is 0 Å². The van der Waals surface area contributed by atoms with Gasteiger partial charge in [0.05, 0.1) is 11.8 Å². The van der Waals surface area contributed by atoms with Crippen LogP contribution in [0.1, 0.15) is 124 Å². The van der Waals surface area contributed by atoms with Crippen LogP contribution in [0.2, 0.25) is 0 Å². The summed E-state index contributed by atoms with van der Waals surface area (Å²) < 4.78 is 5.81. The molecule has 0 aromatic carbocycles. The Morgan fingerprint density at radius 1 is 0.750 bits per heavy atom. The van der Waals surface area contributed by atoms with Crippen LogP contribution in [0.3, 0.4) is 0 Å². The van der Waals surface area contributed by atoms with Crippen molar-refractivity contribution < 1.29 is 19.4 Å². The van der Waals surface area contributed by atoms with Crippen LogP contribution in [-0.2, 0) is 14.3 Å². The van der Waals surface area contributed by atoms with E-state index >= 15 is 0 Å². The van der Waals surface area contributed by atoms with Crippen LogP contribution >= 0.6 is 0 Å². The Bertz CT molecular complexity index is 538. The van der Waals surface area contributed by atoms with Gasteiger partial charge in [0, 0.05) is 0 Å². The summed E-state index contributed by atoms with van der Waals surface area (Å²) in [5, 5.41) is 9.40. The van der Waals surface area contributed by atoms with E-state index in [9.17, 15) is 14.7 Å². The SMILES string of the molecule is CC(C)CCCCCCCCCCCCCC(OC(=O)C1CC=CCC1C(=O)O)C(C)C. The van der Waals surface area contributed by atoms with Crippen molar-refractivity contribution >= 4 is 11.9 Å². The van der Waals surface area contributed by atoms with Crippen LogP contribution in [0.15, 0.2) is 12.2 Å². The van der Waals surface area contributed by atoms with E-state index in [1.807, 2.05) is 12.2 Å². The van der Waals surface area contributed by atoms with Gasteiger partial charge >= 0.3 is 11.9 Å². The zero-order chi connectivity index (χ0) is 23.8. The lowest BCUT2D eigenvalue weighted by atomic mass is 9.83. The second-order valence-corrected chi connectivity index (χ2v) is 10.6. The first kappa shape index (κ1) is 28.7. The summed E-state index contributed by atoms with van der Waals surface area (Å²) in [6.07, 6.45) is 21.2. The van der Waals surface area contributed by atoms with Gasteiger partial charge in [-0.1, -0.05) is 110 Å². The number of hydrogen-bond acceptors (Lipinski definition) is 3. The van der Waals surface area contributed by atoms with Crippen molar-refractivity contribution in [3.8, 4) is 0 Å². The highest BCUT2D eigenvalue weighted by atomic mass is 16.5. The quantitative estimate of drug-likeness (QED) is 0.131. The van der Waals surface area contributed by atoms with E-state index in [2.05, 4.69) is 27.7 Å². The molecule has 0 heterocycles. The zero-order valence-corrected chi connectivity index (χ0v) is 21.3. The van der Waals surface area contributed by atoms with Crippen LogP contribution < -0.4 is 0 Å². The molecule has 1 N–H and O–H groups in total. The number of hydrogen-bond donors (Lipinski definition) is 1. The molecule has 3 atom stereocenters. The average Bonchev–Trinajstić information content (AvgIpc) is 2.75. The molecule has 0 bridgehead atoms. The lowest BCUT2D eigenvalue weighted by Crippen LogP contribution is -2.35. The van der Waals surface area contributed by atoms with Gasteiger partial charge in [-0.2, -0.15) is 0 Å². The number of aliphatic carboxylic acids is 1. The minimum Gasteiger partial charge on any atom is -0.481 e. The molecular weight excluding hydrogens is 400 g/mol. The molecule has 0 saturated carbocycles. The largest absolute Gasteiger partial charge is 0.481 e. The summed E-state index contributed by atoms with van der Waals surface area (Å²) in [6, 6.07) is 0. The number of unbranched alkanes of at least 4 members (excludes halogenated alkanes) is 10. The minimum absolute atomic E-state index is 0.112. The number of esters is 1. The molecule has 186 valence electrons. The molecule has 0 fully saturated rings. The molecule has 1 aliphatic carbocycles. The fourth-order valence-electron chi connectivity index (χ4n) is 4.60. The maximum atomic E-state index is 12.7. The van der Waals surface area contributed by atoms with E-state index in [0.29, 0.717) is 12.8 Å². The smallest absolute Gasteiger partial charge is 0.310 e. The van der Waals surface area contributed by atoms with Crippen molar-refractivity contribution in [3.63, 3.8) is 0 Å². The van der Waals surface area contributed by atoms with Crippen LogP contribution in [0.5, 0.6) is 0 Å². The van der Waals surface area contributed by atoms with E-state index in [-0.39, 0.29) is 18.0 Å². The number of allylic oxidation sites excluding steroid dienone is 2. The minimum atomic E-state index is -0.900. The first-order chi connectivity index (χ1) is 15.3. The maximum absolute atomic E-state index is 12.7. The second kappa shape index (κ2) is 17.2. The van der Waals surface area contributed by atoms with Gasteiger partial charge in [-0.3, -0.25) is 9.59 Å². The van der Waals surface area contributed by atoms with Gasteiger partial charge in [-0.05, 0) is 37.5 Å². The second-order valence-electron chi connectivity index (χ2n) is 10.6. The van der Waals surface area contributed by atoms with Gasteiger partial charge in [0.15, 0.2) is 0 Å². The molecule has 3 unspecified atom stereocenters. The van der Waals surface area contributed by atoms with Gasteiger partial charge in [0.25, 0.3) is 0 Å². The van der Waals surface area contributed by atoms with Crippen LogP contribution in [0.25, 0.3) is 0 Å². The van der Waals surface area contributed by atoms with Gasteiger partial charge < -0.3 is 9.84 Å². The molecule has 0 aromatic heterocycles. The number of rotatable bonds is 18. The summed E-state index contributed by atoms with van der Waals surface area (Å²) in [5.74, 6) is -1.33. The van der Waals surface area contributed by atoms with Crippen LogP contribution in [-0.4, -0.2) is 23.1 Å². The molecule has 4 heteroatoms. The highest BCUT2D eigenvalue weighted by molar-refractivity contribution is 5.81. The molecule has 0 amide bonds. The molecule has 1 rings (SSSR count). The van der Waals surface area contributed by atoms with Crippen molar-refractivity contribution in [1.29, 1.82) is 0 Å². The summed E-state index contributed by atoms with van der Waals surface area (Å²) >= 11 is 0. The van der Waals surface area contributed by atoms with Crippen LogP contribution in [0, 0.1) is 23.7 Å². The monoisotopic (exact) mass is 450 g/mol. The molecule has 1 aliphatic rings. The van der Waals surface area contributed by atoms with E-state index in [4.69, 9.17) is 4.74 Å². The number of ether oxygens (including phenoxy) is 1. The lowest BCUT2D eigenvalue weighted by Gasteiger charge is -2.28. The maximum Gasteiger partial charge on any atom is 0.310 e.